The fourth-order valence-electron chi connectivity index (χ4n) is 4.37. The van der Waals surface area contributed by atoms with E-state index in [0.29, 0.717) is 18.3 Å². The van der Waals surface area contributed by atoms with Crippen molar-refractivity contribution in [3.63, 3.8) is 0 Å². The molecule has 0 aromatic carbocycles. The average Bonchev–Trinajstić information content (AvgIpc) is 3.23. The molecule has 3 rings (SSSR count). The number of hydrogen-bond donors (Lipinski definition) is 2. The van der Waals surface area contributed by atoms with E-state index in [1.807, 2.05) is 18.4 Å². The first-order valence-electron chi connectivity index (χ1n) is 10.6. The minimum absolute atomic E-state index is 0.158. The molecule has 2 fully saturated rings. The maximum Gasteiger partial charge on any atom is 0.220 e. The summed E-state index contributed by atoms with van der Waals surface area (Å²) in [6.45, 7) is 6.42. The van der Waals surface area contributed by atoms with E-state index in [-0.39, 0.29) is 5.91 Å². The molecule has 1 aromatic rings. The van der Waals surface area contributed by atoms with E-state index in [9.17, 15) is 4.79 Å². The van der Waals surface area contributed by atoms with Crippen LogP contribution in [0.15, 0.2) is 22.5 Å². The minimum atomic E-state index is 0.158. The Balaban J connectivity index is 1.41. The lowest BCUT2D eigenvalue weighted by molar-refractivity contribution is -0.121. The first-order chi connectivity index (χ1) is 13.7. The molecule has 1 unspecified atom stereocenters. The highest BCUT2D eigenvalue weighted by Gasteiger charge is 2.25. The zero-order chi connectivity index (χ0) is 19.8. The standard InChI is InChI=1S/C21H35N5OS/c1-22-20(27)13-17-7-10-26(11-8-17)21(23-2)24-14-18-5-3-9-25(15-18)16-19-6-4-12-28-19/h4,6,12,17-18H,3,5,7-11,13-16H2,1-2H3,(H,22,27)(H,23,24). The minimum Gasteiger partial charge on any atom is -0.359 e. The fourth-order valence-corrected chi connectivity index (χ4v) is 5.11. The van der Waals surface area contributed by atoms with Crippen LogP contribution in [0, 0.1) is 11.8 Å². The third kappa shape index (κ3) is 6.21. The van der Waals surface area contributed by atoms with Gasteiger partial charge in [-0.15, -0.1) is 11.3 Å². The Morgan fingerprint density at radius 3 is 2.75 bits per heavy atom. The predicted molar refractivity (Wildman–Crippen MR) is 117 cm³/mol. The van der Waals surface area contributed by atoms with Crippen molar-refractivity contribution in [2.24, 2.45) is 16.8 Å². The maximum absolute atomic E-state index is 11.6. The van der Waals surface area contributed by atoms with Crippen LogP contribution < -0.4 is 10.6 Å². The molecular formula is C21H35N5OS. The summed E-state index contributed by atoms with van der Waals surface area (Å²) in [7, 11) is 3.60. The smallest absolute Gasteiger partial charge is 0.220 e. The van der Waals surface area contributed by atoms with Gasteiger partial charge in [-0.3, -0.25) is 14.7 Å². The number of thiophene rings is 1. The molecule has 0 spiro atoms. The van der Waals surface area contributed by atoms with Crippen LogP contribution in [-0.4, -0.2) is 68.5 Å². The lowest BCUT2D eigenvalue weighted by Gasteiger charge is -2.36. The molecule has 3 heterocycles. The Bertz CT molecular complexity index is 625. The Morgan fingerprint density at radius 2 is 2.07 bits per heavy atom. The van der Waals surface area contributed by atoms with Crippen molar-refractivity contribution in [2.75, 3.05) is 46.8 Å². The van der Waals surface area contributed by atoms with Gasteiger partial charge in [0.05, 0.1) is 0 Å². The number of nitrogens with one attached hydrogen (secondary N) is 2. The Labute approximate surface area is 173 Å². The number of amides is 1. The molecule has 1 atom stereocenters. The summed E-state index contributed by atoms with van der Waals surface area (Å²) in [6, 6.07) is 4.38. The summed E-state index contributed by atoms with van der Waals surface area (Å²) < 4.78 is 0. The highest BCUT2D eigenvalue weighted by Crippen LogP contribution is 2.22. The molecule has 0 radical (unpaired) electrons. The van der Waals surface area contributed by atoms with Crippen LogP contribution in [0.1, 0.15) is 37.0 Å². The Morgan fingerprint density at radius 1 is 1.25 bits per heavy atom. The number of likely N-dealkylation sites (tertiary alicyclic amines) is 2. The van der Waals surface area contributed by atoms with Gasteiger partial charge >= 0.3 is 0 Å². The number of piperidine rings is 2. The molecule has 0 bridgehead atoms. The van der Waals surface area contributed by atoms with E-state index in [0.717, 1.165) is 51.5 Å². The van der Waals surface area contributed by atoms with Gasteiger partial charge in [0.15, 0.2) is 5.96 Å². The second-order valence-corrected chi connectivity index (χ2v) is 9.09. The molecule has 1 amide bonds. The van der Waals surface area contributed by atoms with E-state index in [1.54, 1.807) is 7.05 Å². The summed E-state index contributed by atoms with van der Waals surface area (Å²) in [5.74, 6) is 2.36. The van der Waals surface area contributed by atoms with E-state index < -0.39 is 0 Å². The number of aliphatic imine (C=N–C) groups is 1. The topological polar surface area (TPSA) is 60.0 Å². The number of hydrogen-bond acceptors (Lipinski definition) is 4. The molecule has 2 saturated heterocycles. The molecule has 2 aliphatic heterocycles. The SMILES string of the molecule is CN=C(NCC1CCCN(Cc2cccs2)C1)N1CCC(CC(=O)NC)CC1. The lowest BCUT2D eigenvalue weighted by atomic mass is 9.93. The van der Waals surface area contributed by atoms with Crippen LogP contribution in [0.3, 0.4) is 0 Å². The molecule has 2 N–H and O–H groups in total. The zero-order valence-corrected chi connectivity index (χ0v) is 18.1. The van der Waals surface area contributed by atoms with Crippen molar-refractivity contribution >= 4 is 23.2 Å². The summed E-state index contributed by atoms with van der Waals surface area (Å²) in [5.41, 5.74) is 0. The molecule has 1 aromatic heterocycles. The lowest BCUT2D eigenvalue weighted by Crippen LogP contribution is -2.48. The van der Waals surface area contributed by atoms with Crippen LogP contribution in [-0.2, 0) is 11.3 Å². The van der Waals surface area contributed by atoms with Crippen LogP contribution in [0.25, 0.3) is 0 Å². The van der Waals surface area contributed by atoms with Gasteiger partial charge < -0.3 is 15.5 Å². The average molecular weight is 406 g/mol. The van der Waals surface area contributed by atoms with Gasteiger partial charge in [-0.05, 0) is 55.5 Å². The molecular weight excluding hydrogens is 370 g/mol. The van der Waals surface area contributed by atoms with Gasteiger partial charge in [0, 0.05) is 58.1 Å². The van der Waals surface area contributed by atoms with Gasteiger partial charge in [0.1, 0.15) is 0 Å². The summed E-state index contributed by atoms with van der Waals surface area (Å²) in [6.07, 6.45) is 5.34. The summed E-state index contributed by atoms with van der Waals surface area (Å²) in [5, 5.41) is 8.53. The van der Waals surface area contributed by atoms with Crippen LogP contribution in [0.4, 0.5) is 0 Å². The van der Waals surface area contributed by atoms with Crippen LogP contribution in [0.5, 0.6) is 0 Å². The van der Waals surface area contributed by atoms with E-state index >= 15 is 0 Å². The second-order valence-electron chi connectivity index (χ2n) is 8.06. The Hall–Kier alpha value is -1.60. The zero-order valence-electron chi connectivity index (χ0n) is 17.3. The number of guanidine groups is 1. The van der Waals surface area contributed by atoms with Gasteiger partial charge in [-0.1, -0.05) is 6.07 Å². The van der Waals surface area contributed by atoms with Crippen LogP contribution >= 0.6 is 11.3 Å². The van der Waals surface area contributed by atoms with E-state index in [4.69, 9.17) is 0 Å². The number of nitrogens with zero attached hydrogens (tertiary/aromatic N) is 3. The van der Waals surface area contributed by atoms with Gasteiger partial charge in [0.2, 0.25) is 5.91 Å². The van der Waals surface area contributed by atoms with E-state index in [2.05, 4.69) is 42.9 Å². The first kappa shape index (κ1) is 21.1. The number of carbonyl (C=O) groups is 1. The normalized spacial score (nSPS) is 22.3. The monoisotopic (exact) mass is 405 g/mol. The first-order valence-corrected chi connectivity index (χ1v) is 11.5. The van der Waals surface area contributed by atoms with Gasteiger partial charge in [-0.25, -0.2) is 0 Å². The van der Waals surface area contributed by atoms with Crippen molar-refractivity contribution in [1.82, 2.24) is 20.4 Å². The highest BCUT2D eigenvalue weighted by atomic mass is 32.1. The summed E-state index contributed by atoms with van der Waals surface area (Å²) >= 11 is 1.86. The molecule has 7 heteroatoms. The molecule has 0 aliphatic carbocycles. The third-order valence-corrected chi connectivity index (χ3v) is 6.85. The quantitative estimate of drug-likeness (QED) is 0.564. The maximum atomic E-state index is 11.6. The molecule has 6 nitrogen and oxygen atoms in total. The van der Waals surface area contributed by atoms with Crippen molar-refractivity contribution in [2.45, 2.75) is 38.6 Å². The van der Waals surface area contributed by atoms with Crippen molar-refractivity contribution in [3.8, 4) is 0 Å². The van der Waals surface area contributed by atoms with E-state index in [1.165, 1.54) is 24.3 Å². The molecule has 156 valence electrons. The molecule has 0 saturated carbocycles. The van der Waals surface area contributed by atoms with Crippen molar-refractivity contribution < 1.29 is 4.79 Å². The fraction of sp³-hybridized carbons (Fsp3) is 0.714. The summed E-state index contributed by atoms with van der Waals surface area (Å²) in [4.78, 5) is 22.5. The van der Waals surface area contributed by atoms with Gasteiger partial charge in [0.25, 0.3) is 0 Å². The number of rotatable bonds is 6. The molecule has 2 aliphatic rings. The van der Waals surface area contributed by atoms with Crippen molar-refractivity contribution in [1.29, 1.82) is 0 Å². The Kier molecular flexibility index (Phi) is 8.15. The molecule has 28 heavy (non-hydrogen) atoms. The third-order valence-electron chi connectivity index (χ3n) is 5.99. The largest absolute Gasteiger partial charge is 0.359 e. The highest BCUT2D eigenvalue weighted by molar-refractivity contribution is 7.09. The number of carbonyl (C=O) groups excluding carboxylic acids is 1. The second kappa shape index (κ2) is 10.8. The van der Waals surface area contributed by atoms with Gasteiger partial charge in [-0.2, -0.15) is 0 Å². The predicted octanol–water partition coefficient (Wildman–Crippen LogP) is 2.38. The van der Waals surface area contributed by atoms with Crippen LogP contribution in [0.2, 0.25) is 0 Å². The van der Waals surface area contributed by atoms with Crippen molar-refractivity contribution in [3.05, 3.63) is 22.4 Å².